The maximum absolute atomic E-state index is 9.20. The SMILES string of the molecule is CN(C)[C@H]1[C@H](CO)[C@@H](CO)C1(C)C. The van der Waals surface area contributed by atoms with Crippen LogP contribution in [0.25, 0.3) is 0 Å². The van der Waals surface area contributed by atoms with Gasteiger partial charge < -0.3 is 15.1 Å². The van der Waals surface area contributed by atoms with E-state index in [-0.39, 0.29) is 30.5 Å². The Labute approximate surface area is 80.4 Å². The van der Waals surface area contributed by atoms with Crippen LogP contribution in [0.15, 0.2) is 0 Å². The Balaban J connectivity index is 2.74. The summed E-state index contributed by atoms with van der Waals surface area (Å²) in [6.07, 6.45) is 0. The molecule has 1 aliphatic rings. The predicted molar refractivity (Wildman–Crippen MR) is 52.4 cm³/mol. The lowest BCUT2D eigenvalue weighted by Gasteiger charge is -2.60. The van der Waals surface area contributed by atoms with E-state index in [0.29, 0.717) is 6.04 Å². The fourth-order valence-corrected chi connectivity index (χ4v) is 3.07. The first-order valence-electron chi connectivity index (χ1n) is 4.85. The third-order valence-corrected chi connectivity index (χ3v) is 3.60. The van der Waals surface area contributed by atoms with Gasteiger partial charge in [0.2, 0.25) is 0 Å². The van der Waals surface area contributed by atoms with Crippen LogP contribution in [0.4, 0.5) is 0 Å². The van der Waals surface area contributed by atoms with Crippen molar-refractivity contribution in [3.05, 3.63) is 0 Å². The Hall–Kier alpha value is -0.120. The third-order valence-electron chi connectivity index (χ3n) is 3.60. The lowest BCUT2D eigenvalue weighted by Crippen LogP contribution is -2.65. The summed E-state index contributed by atoms with van der Waals surface area (Å²) in [7, 11) is 4.06. The molecule has 2 N–H and O–H groups in total. The molecule has 0 aromatic rings. The topological polar surface area (TPSA) is 43.7 Å². The second-order valence-corrected chi connectivity index (χ2v) is 4.87. The van der Waals surface area contributed by atoms with E-state index in [1.165, 1.54) is 0 Å². The molecular weight excluding hydrogens is 166 g/mol. The van der Waals surface area contributed by atoms with Gasteiger partial charge >= 0.3 is 0 Å². The van der Waals surface area contributed by atoms with Gasteiger partial charge in [-0.05, 0) is 25.4 Å². The molecule has 0 bridgehead atoms. The molecule has 3 atom stereocenters. The van der Waals surface area contributed by atoms with Crippen LogP contribution in [-0.4, -0.2) is 48.5 Å². The van der Waals surface area contributed by atoms with Crippen LogP contribution < -0.4 is 0 Å². The van der Waals surface area contributed by atoms with E-state index in [1.54, 1.807) is 0 Å². The van der Waals surface area contributed by atoms with Gasteiger partial charge in [-0.1, -0.05) is 13.8 Å². The summed E-state index contributed by atoms with van der Waals surface area (Å²) in [5.74, 6) is 0.472. The minimum Gasteiger partial charge on any atom is -0.396 e. The first-order valence-corrected chi connectivity index (χ1v) is 4.85. The fourth-order valence-electron chi connectivity index (χ4n) is 3.07. The van der Waals surface area contributed by atoms with Crippen LogP contribution in [0.2, 0.25) is 0 Å². The Morgan fingerprint density at radius 1 is 1.15 bits per heavy atom. The zero-order chi connectivity index (χ0) is 10.2. The van der Waals surface area contributed by atoms with Gasteiger partial charge in [0.15, 0.2) is 0 Å². The van der Waals surface area contributed by atoms with Crippen LogP contribution in [0.5, 0.6) is 0 Å². The van der Waals surface area contributed by atoms with E-state index in [2.05, 4.69) is 18.7 Å². The maximum Gasteiger partial charge on any atom is 0.0478 e. The third kappa shape index (κ3) is 1.49. The van der Waals surface area contributed by atoms with Crippen LogP contribution in [0, 0.1) is 17.3 Å². The van der Waals surface area contributed by atoms with Crippen molar-refractivity contribution < 1.29 is 10.2 Å². The fraction of sp³-hybridized carbons (Fsp3) is 1.00. The Kier molecular flexibility index (Phi) is 3.00. The molecule has 0 aromatic heterocycles. The number of nitrogens with zero attached hydrogens (tertiary/aromatic N) is 1. The van der Waals surface area contributed by atoms with Crippen LogP contribution in [0.1, 0.15) is 13.8 Å². The lowest BCUT2D eigenvalue weighted by atomic mass is 9.52. The molecule has 78 valence electrons. The average molecular weight is 187 g/mol. The molecule has 0 aliphatic heterocycles. The maximum atomic E-state index is 9.20. The zero-order valence-corrected chi connectivity index (χ0v) is 8.99. The van der Waals surface area contributed by atoms with Crippen molar-refractivity contribution in [3.63, 3.8) is 0 Å². The summed E-state index contributed by atoms with van der Waals surface area (Å²) in [6.45, 7) is 4.68. The number of aliphatic hydroxyl groups excluding tert-OH is 2. The van der Waals surface area contributed by atoms with E-state index >= 15 is 0 Å². The van der Waals surface area contributed by atoms with Gasteiger partial charge in [-0.2, -0.15) is 0 Å². The summed E-state index contributed by atoms with van der Waals surface area (Å²) in [5.41, 5.74) is 0.117. The summed E-state index contributed by atoms with van der Waals surface area (Å²) >= 11 is 0. The Morgan fingerprint density at radius 3 is 2.00 bits per heavy atom. The minimum atomic E-state index is 0.117. The highest BCUT2D eigenvalue weighted by molar-refractivity contribution is 5.07. The smallest absolute Gasteiger partial charge is 0.0478 e. The van der Waals surface area contributed by atoms with Crippen molar-refractivity contribution in [2.45, 2.75) is 19.9 Å². The molecule has 0 heterocycles. The van der Waals surface area contributed by atoms with Crippen LogP contribution in [0.3, 0.4) is 0 Å². The van der Waals surface area contributed by atoms with E-state index in [0.717, 1.165) is 0 Å². The molecule has 1 fully saturated rings. The van der Waals surface area contributed by atoms with Gasteiger partial charge in [-0.25, -0.2) is 0 Å². The Morgan fingerprint density at radius 2 is 1.69 bits per heavy atom. The molecule has 0 aromatic carbocycles. The van der Waals surface area contributed by atoms with Crippen molar-refractivity contribution in [2.24, 2.45) is 17.3 Å². The predicted octanol–water partition coefficient (Wildman–Crippen LogP) is 0.173. The van der Waals surface area contributed by atoms with Crippen LogP contribution >= 0.6 is 0 Å². The van der Waals surface area contributed by atoms with Crippen molar-refractivity contribution in [2.75, 3.05) is 27.3 Å². The van der Waals surface area contributed by atoms with E-state index in [4.69, 9.17) is 0 Å². The molecular formula is C10H21NO2. The molecule has 13 heavy (non-hydrogen) atoms. The lowest BCUT2D eigenvalue weighted by molar-refractivity contribution is -0.145. The van der Waals surface area contributed by atoms with E-state index in [9.17, 15) is 10.2 Å². The highest BCUT2D eigenvalue weighted by Crippen LogP contribution is 2.52. The molecule has 1 aliphatic carbocycles. The van der Waals surface area contributed by atoms with Crippen molar-refractivity contribution >= 4 is 0 Å². The van der Waals surface area contributed by atoms with Gasteiger partial charge in [-0.3, -0.25) is 0 Å². The highest BCUT2D eigenvalue weighted by atomic mass is 16.3. The molecule has 1 saturated carbocycles. The summed E-state index contributed by atoms with van der Waals surface area (Å²) in [6, 6.07) is 0.384. The molecule has 0 spiro atoms. The first-order chi connectivity index (χ1) is 5.96. The van der Waals surface area contributed by atoms with E-state index in [1.807, 2.05) is 14.1 Å². The molecule has 3 nitrogen and oxygen atoms in total. The average Bonchev–Trinajstić information content (AvgIpc) is 2.00. The first kappa shape index (κ1) is 11.0. The van der Waals surface area contributed by atoms with Crippen LogP contribution in [-0.2, 0) is 0 Å². The second kappa shape index (κ2) is 3.56. The number of rotatable bonds is 3. The molecule has 0 saturated heterocycles. The van der Waals surface area contributed by atoms with Gasteiger partial charge in [0, 0.05) is 25.2 Å². The number of aliphatic hydroxyl groups is 2. The van der Waals surface area contributed by atoms with Crippen molar-refractivity contribution in [1.82, 2.24) is 4.90 Å². The van der Waals surface area contributed by atoms with Gasteiger partial charge in [0.05, 0.1) is 0 Å². The molecule has 0 radical (unpaired) electrons. The molecule has 0 unspecified atom stereocenters. The summed E-state index contributed by atoms with van der Waals surface area (Å²) < 4.78 is 0. The summed E-state index contributed by atoms with van der Waals surface area (Å²) in [5, 5.41) is 18.4. The van der Waals surface area contributed by atoms with Gasteiger partial charge in [0.1, 0.15) is 0 Å². The minimum absolute atomic E-state index is 0.117. The summed E-state index contributed by atoms with van der Waals surface area (Å²) in [4.78, 5) is 2.15. The molecule has 1 rings (SSSR count). The molecule has 0 amide bonds. The number of hydrogen-bond donors (Lipinski definition) is 2. The van der Waals surface area contributed by atoms with Crippen molar-refractivity contribution in [3.8, 4) is 0 Å². The quantitative estimate of drug-likeness (QED) is 0.662. The normalized spacial score (nSPS) is 37.6. The zero-order valence-electron chi connectivity index (χ0n) is 8.99. The molecule has 3 heteroatoms. The van der Waals surface area contributed by atoms with Crippen molar-refractivity contribution in [1.29, 1.82) is 0 Å². The number of hydrogen-bond acceptors (Lipinski definition) is 3. The largest absolute Gasteiger partial charge is 0.396 e. The Bertz CT molecular complexity index is 180. The van der Waals surface area contributed by atoms with E-state index < -0.39 is 0 Å². The monoisotopic (exact) mass is 187 g/mol. The highest BCUT2D eigenvalue weighted by Gasteiger charge is 2.56. The van der Waals surface area contributed by atoms with Gasteiger partial charge in [-0.15, -0.1) is 0 Å². The standard InChI is InChI=1S/C10H21NO2/c1-10(2)8(6-13)7(5-12)9(10)11(3)4/h7-9,12-13H,5-6H2,1-4H3/t7-,8-,9+/m1/s1. The second-order valence-electron chi connectivity index (χ2n) is 4.87. The van der Waals surface area contributed by atoms with Gasteiger partial charge in [0.25, 0.3) is 0 Å².